The Bertz CT molecular complexity index is 401. The number of piperazine rings is 1. The molecule has 0 aromatic heterocycles. The van der Waals surface area contributed by atoms with E-state index in [1.54, 1.807) is 0 Å². The summed E-state index contributed by atoms with van der Waals surface area (Å²) >= 11 is 0. The van der Waals surface area contributed by atoms with Crippen LogP contribution in [0.4, 0.5) is 0 Å². The maximum atomic E-state index is 12.8. The van der Waals surface area contributed by atoms with Crippen LogP contribution in [-0.4, -0.2) is 47.6 Å². The number of rotatable bonds is 3. The standard InChI is InChI=1S/C14H22N2O3/c1-3-14(2)13(18)15-11(9-4-5-9)12(17)16(14)10-6-7-19-8-10/h9-11H,3-8H2,1-2H3,(H,15,18). The maximum Gasteiger partial charge on any atom is 0.246 e. The number of carbonyl (C=O) groups excluding carboxylic acids is 2. The lowest BCUT2D eigenvalue weighted by molar-refractivity contribution is -0.161. The fourth-order valence-corrected chi connectivity index (χ4v) is 3.25. The third-order valence-electron chi connectivity index (χ3n) is 4.86. The Labute approximate surface area is 113 Å². The Hall–Kier alpha value is -1.10. The lowest BCUT2D eigenvalue weighted by atomic mass is 9.87. The number of ether oxygens (including phenoxy) is 1. The Morgan fingerprint density at radius 3 is 2.63 bits per heavy atom. The SMILES string of the molecule is CCC1(C)C(=O)NC(C2CC2)C(=O)N1C1CCOC1. The van der Waals surface area contributed by atoms with Crippen molar-refractivity contribution < 1.29 is 14.3 Å². The van der Waals surface area contributed by atoms with Crippen LogP contribution in [-0.2, 0) is 14.3 Å². The van der Waals surface area contributed by atoms with Gasteiger partial charge in [0, 0.05) is 6.61 Å². The molecule has 1 N–H and O–H groups in total. The molecule has 0 aromatic rings. The number of hydrogen-bond acceptors (Lipinski definition) is 3. The van der Waals surface area contributed by atoms with Crippen molar-refractivity contribution >= 4 is 11.8 Å². The Kier molecular flexibility index (Phi) is 3.04. The minimum atomic E-state index is -0.721. The van der Waals surface area contributed by atoms with Crippen molar-refractivity contribution in [1.82, 2.24) is 10.2 Å². The normalized spacial score (nSPS) is 39.6. The Balaban J connectivity index is 1.91. The van der Waals surface area contributed by atoms with E-state index in [1.807, 2.05) is 18.7 Å². The fraction of sp³-hybridized carbons (Fsp3) is 0.857. The van der Waals surface area contributed by atoms with Crippen LogP contribution in [0.15, 0.2) is 0 Å². The summed E-state index contributed by atoms with van der Waals surface area (Å²) in [5, 5.41) is 2.95. The number of hydrogen-bond donors (Lipinski definition) is 1. The van der Waals surface area contributed by atoms with E-state index in [1.165, 1.54) is 0 Å². The van der Waals surface area contributed by atoms with Crippen LogP contribution in [0.1, 0.15) is 39.5 Å². The highest BCUT2D eigenvalue weighted by atomic mass is 16.5. The van der Waals surface area contributed by atoms with Crippen molar-refractivity contribution in [2.75, 3.05) is 13.2 Å². The largest absolute Gasteiger partial charge is 0.379 e. The Morgan fingerprint density at radius 1 is 1.37 bits per heavy atom. The molecule has 0 spiro atoms. The molecule has 3 fully saturated rings. The molecule has 2 amide bonds. The highest BCUT2D eigenvalue weighted by molar-refractivity contribution is 6.00. The average Bonchev–Trinajstić information content (AvgIpc) is 3.10. The zero-order valence-corrected chi connectivity index (χ0v) is 11.6. The van der Waals surface area contributed by atoms with Crippen molar-refractivity contribution in [2.45, 2.75) is 57.2 Å². The van der Waals surface area contributed by atoms with E-state index < -0.39 is 5.54 Å². The minimum absolute atomic E-state index is 0.00148. The van der Waals surface area contributed by atoms with Crippen LogP contribution in [0.25, 0.3) is 0 Å². The molecule has 0 bridgehead atoms. The van der Waals surface area contributed by atoms with Gasteiger partial charge in [-0.25, -0.2) is 0 Å². The molecule has 106 valence electrons. The van der Waals surface area contributed by atoms with Gasteiger partial charge in [0.1, 0.15) is 11.6 Å². The minimum Gasteiger partial charge on any atom is -0.379 e. The molecule has 2 heterocycles. The smallest absolute Gasteiger partial charge is 0.246 e. The van der Waals surface area contributed by atoms with Crippen molar-refractivity contribution in [3.8, 4) is 0 Å². The molecule has 5 heteroatoms. The molecule has 5 nitrogen and oxygen atoms in total. The molecule has 2 aliphatic heterocycles. The molecule has 2 saturated heterocycles. The van der Waals surface area contributed by atoms with Crippen molar-refractivity contribution in [3.05, 3.63) is 0 Å². The second kappa shape index (κ2) is 4.47. The van der Waals surface area contributed by atoms with E-state index in [0.29, 0.717) is 25.6 Å². The van der Waals surface area contributed by atoms with E-state index in [2.05, 4.69) is 5.32 Å². The topological polar surface area (TPSA) is 58.6 Å². The van der Waals surface area contributed by atoms with E-state index in [0.717, 1.165) is 19.3 Å². The summed E-state index contributed by atoms with van der Waals surface area (Å²) in [5.41, 5.74) is -0.721. The second-order valence-electron chi connectivity index (χ2n) is 6.14. The summed E-state index contributed by atoms with van der Waals surface area (Å²) in [6, 6.07) is -0.238. The molecule has 0 radical (unpaired) electrons. The van der Waals surface area contributed by atoms with E-state index in [9.17, 15) is 9.59 Å². The molecule has 19 heavy (non-hydrogen) atoms. The molecule has 1 saturated carbocycles. The lowest BCUT2D eigenvalue weighted by Crippen LogP contribution is -2.72. The van der Waals surface area contributed by atoms with Crippen molar-refractivity contribution in [3.63, 3.8) is 0 Å². The van der Waals surface area contributed by atoms with Gasteiger partial charge in [0.05, 0.1) is 12.6 Å². The first-order valence-electron chi connectivity index (χ1n) is 7.30. The summed E-state index contributed by atoms with van der Waals surface area (Å²) in [6.07, 6.45) is 3.58. The number of nitrogens with zero attached hydrogens (tertiary/aromatic N) is 1. The lowest BCUT2D eigenvalue weighted by Gasteiger charge is -2.48. The van der Waals surface area contributed by atoms with Gasteiger partial charge in [-0.1, -0.05) is 6.92 Å². The predicted molar refractivity (Wildman–Crippen MR) is 69.4 cm³/mol. The van der Waals surface area contributed by atoms with Gasteiger partial charge in [-0.15, -0.1) is 0 Å². The van der Waals surface area contributed by atoms with Crippen LogP contribution in [0, 0.1) is 5.92 Å². The summed E-state index contributed by atoms with van der Waals surface area (Å²) in [6.45, 7) is 5.09. The van der Waals surface area contributed by atoms with E-state index >= 15 is 0 Å². The predicted octanol–water partition coefficient (Wildman–Crippen LogP) is 0.681. The summed E-state index contributed by atoms with van der Waals surface area (Å²) in [7, 11) is 0. The summed E-state index contributed by atoms with van der Waals surface area (Å²) in [4.78, 5) is 27.1. The monoisotopic (exact) mass is 266 g/mol. The molecule has 3 unspecified atom stereocenters. The highest BCUT2D eigenvalue weighted by Crippen LogP contribution is 2.39. The molecular formula is C14H22N2O3. The van der Waals surface area contributed by atoms with Crippen LogP contribution in [0.2, 0.25) is 0 Å². The van der Waals surface area contributed by atoms with Gasteiger partial charge in [0.25, 0.3) is 0 Å². The first-order chi connectivity index (χ1) is 9.08. The van der Waals surface area contributed by atoms with E-state index in [4.69, 9.17) is 4.74 Å². The van der Waals surface area contributed by atoms with Crippen LogP contribution < -0.4 is 5.32 Å². The zero-order chi connectivity index (χ0) is 13.6. The van der Waals surface area contributed by atoms with Gasteiger partial charge in [0.15, 0.2) is 0 Å². The third kappa shape index (κ3) is 1.95. The fourth-order valence-electron chi connectivity index (χ4n) is 3.25. The third-order valence-corrected chi connectivity index (χ3v) is 4.86. The van der Waals surface area contributed by atoms with Gasteiger partial charge in [-0.3, -0.25) is 9.59 Å². The zero-order valence-electron chi connectivity index (χ0n) is 11.6. The number of carbonyl (C=O) groups is 2. The first-order valence-corrected chi connectivity index (χ1v) is 7.30. The summed E-state index contributed by atoms with van der Waals surface area (Å²) in [5.74, 6) is 0.447. The highest BCUT2D eigenvalue weighted by Gasteiger charge is 2.54. The van der Waals surface area contributed by atoms with Crippen LogP contribution in [0.3, 0.4) is 0 Å². The molecule has 0 aromatic carbocycles. The van der Waals surface area contributed by atoms with Crippen LogP contribution in [0.5, 0.6) is 0 Å². The quantitative estimate of drug-likeness (QED) is 0.817. The molecular weight excluding hydrogens is 244 g/mol. The van der Waals surface area contributed by atoms with Gasteiger partial charge in [-0.05, 0) is 38.5 Å². The second-order valence-corrected chi connectivity index (χ2v) is 6.14. The van der Waals surface area contributed by atoms with Crippen LogP contribution >= 0.6 is 0 Å². The van der Waals surface area contributed by atoms with Gasteiger partial charge >= 0.3 is 0 Å². The van der Waals surface area contributed by atoms with E-state index in [-0.39, 0.29) is 23.9 Å². The number of nitrogens with one attached hydrogen (secondary N) is 1. The van der Waals surface area contributed by atoms with Crippen molar-refractivity contribution in [1.29, 1.82) is 0 Å². The first kappa shape index (κ1) is 12.9. The molecule has 1 aliphatic carbocycles. The Morgan fingerprint density at radius 2 is 2.11 bits per heavy atom. The maximum absolute atomic E-state index is 12.8. The van der Waals surface area contributed by atoms with Gasteiger partial charge in [-0.2, -0.15) is 0 Å². The van der Waals surface area contributed by atoms with Gasteiger partial charge in [0.2, 0.25) is 11.8 Å². The average molecular weight is 266 g/mol. The van der Waals surface area contributed by atoms with Crippen molar-refractivity contribution in [2.24, 2.45) is 5.92 Å². The summed E-state index contributed by atoms with van der Waals surface area (Å²) < 4.78 is 5.42. The molecule has 3 atom stereocenters. The van der Waals surface area contributed by atoms with Gasteiger partial charge < -0.3 is 15.0 Å². The number of amides is 2. The molecule has 3 rings (SSSR count). The molecule has 3 aliphatic rings.